The van der Waals surface area contributed by atoms with Gasteiger partial charge in [0, 0.05) is 32.1 Å². The van der Waals surface area contributed by atoms with Gasteiger partial charge in [0.25, 0.3) is 0 Å². The summed E-state index contributed by atoms with van der Waals surface area (Å²) in [5.74, 6) is -0.580. The Balaban J connectivity index is 2.56. The van der Waals surface area contributed by atoms with Crippen molar-refractivity contribution < 1.29 is 23.1 Å². The molecule has 2 N–H and O–H groups in total. The van der Waals surface area contributed by atoms with Crippen LogP contribution in [-0.4, -0.2) is 54.4 Å². The van der Waals surface area contributed by atoms with Gasteiger partial charge >= 0.3 is 12.1 Å². The fraction of sp³-hybridized carbons (Fsp3) is 0.923. The second kappa shape index (κ2) is 7.26. The molecule has 0 radical (unpaired) electrons. The summed E-state index contributed by atoms with van der Waals surface area (Å²) in [6.45, 7) is 5.03. The van der Waals surface area contributed by atoms with E-state index in [1.807, 2.05) is 13.8 Å². The number of hydrogen-bond donors (Lipinski definition) is 2. The van der Waals surface area contributed by atoms with Crippen LogP contribution in [0.4, 0.5) is 13.2 Å². The van der Waals surface area contributed by atoms with E-state index in [9.17, 15) is 18.0 Å². The Morgan fingerprint density at radius 3 is 2.55 bits per heavy atom. The lowest BCUT2D eigenvalue weighted by Gasteiger charge is -2.38. The molecule has 7 heteroatoms. The number of aliphatic carboxylic acids is 1. The van der Waals surface area contributed by atoms with Crippen molar-refractivity contribution in [3.63, 3.8) is 0 Å². The van der Waals surface area contributed by atoms with E-state index in [0.717, 1.165) is 6.54 Å². The maximum Gasteiger partial charge on any atom is 0.401 e. The number of rotatable bonds is 6. The first kappa shape index (κ1) is 17.2. The molecule has 0 spiro atoms. The Morgan fingerprint density at radius 2 is 2.05 bits per heavy atom. The van der Waals surface area contributed by atoms with Gasteiger partial charge in [0.2, 0.25) is 0 Å². The quantitative estimate of drug-likeness (QED) is 0.787. The smallest absolute Gasteiger partial charge is 0.401 e. The second-order valence-electron chi connectivity index (χ2n) is 6.00. The second-order valence-corrected chi connectivity index (χ2v) is 6.00. The molecule has 1 fully saturated rings. The van der Waals surface area contributed by atoms with Crippen molar-refractivity contribution in [1.82, 2.24) is 10.2 Å². The third-order valence-corrected chi connectivity index (χ3v) is 3.29. The molecule has 4 nitrogen and oxygen atoms in total. The lowest BCUT2D eigenvalue weighted by atomic mass is 9.91. The van der Waals surface area contributed by atoms with Crippen molar-refractivity contribution in [2.75, 3.05) is 26.2 Å². The zero-order valence-electron chi connectivity index (χ0n) is 11.9. The van der Waals surface area contributed by atoms with Gasteiger partial charge in [-0.15, -0.1) is 0 Å². The molecule has 1 heterocycles. The molecule has 0 aliphatic carbocycles. The molecule has 0 aromatic carbocycles. The van der Waals surface area contributed by atoms with Crippen molar-refractivity contribution in [2.24, 2.45) is 11.8 Å². The summed E-state index contributed by atoms with van der Waals surface area (Å²) in [4.78, 5) is 12.9. The predicted octanol–water partition coefficient (Wildman–Crippen LogP) is 1.96. The van der Waals surface area contributed by atoms with Crippen LogP contribution in [0.5, 0.6) is 0 Å². The summed E-state index contributed by atoms with van der Waals surface area (Å²) in [7, 11) is 0. The van der Waals surface area contributed by atoms with Crippen LogP contribution in [0, 0.1) is 11.8 Å². The highest BCUT2D eigenvalue weighted by atomic mass is 19.4. The maximum atomic E-state index is 12.3. The van der Waals surface area contributed by atoms with Gasteiger partial charge in [0.05, 0.1) is 6.54 Å². The van der Waals surface area contributed by atoms with Crippen LogP contribution in [0.15, 0.2) is 0 Å². The first-order valence-corrected chi connectivity index (χ1v) is 6.90. The fourth-order valence-corrected chi connectivity index (χ4v) is 2.77. The largest absolute Gasteiger partial charge is 0.481 e. The van der Waals surface area contributed by atoms with Crippen LogP contribution in [-0.2, 0) is 4.79 Å². The fourth-order valence-electron chi connectivity index (χ4n) is 2.77. The number of carbonyl (C=O) groups is 1. The first-order valence-electron chi connectivity index (χ1n) is 6.90. The molecule has 1 rings (SSSR count). The Hall–Kier alpha value is -0.820. The van der Waals surface area contributed by atoms with E-state index in [1.165, 1.54) is 0 Å². The zero-order chi connectivity index (χ0) is 15.3. The standard InChI is InChI=1S/C13H23F3N2O2/c1-9(2)5-18-6-10(4-12(19)20)3-11(7-18)17-8-13(14,15)16/h9-11,17H,3-8H2,1-2H3,(H,19,20). The minimum atomic E-state index is -4.23. The summed E-state index contributed by atoms with van der Waals surface area (Å²) in [6.07, 6.45) is -3.74. The number of carboxylic acid groups (broad SMARTS) is 1. The van der Waals surface area contributed by atoms with E-state index in [4.69, 9.17) is 5.11 Å². The highest BCUT2D eigenvalue weighted by Gasteiger charge is 2.32. The number of alkyl halides is 3. The topological polar surface area (TPSA) is 52.6 Å². The van der Waals surface area contributed by atoms with Crippen molar-refractivity contribution >= 4 is 5.97 Å². The number of likely N-dealkylation sites (tertiary alicyclic amines) is 1. The van der Waals surface area contributed by atoms with Gasteiger partial charge in [-0.25, -0.2) is 0 Å². The third-order valence-electron chi connectivity index (χ3n) is 3.29. The molecular formula is C13H23F3N2O2. The number of nitrogens with zero attached hydrogens (tertiary/aromatic N) is 1. The Kier molecular flexibility index (Phi) is 6.26. The van der Waals surface area contributed by atoms with Crippen molar-refractivity contribution in [1.29, 1.82) is 0 Å². The molecule has 118 valence electrons. The van der Waals surface area contributed by atoms with E-state index >= 15 is 0 Å². The Labute approximate surface area is 117 Å². The summed E-state index contributed by atoms with van der Waals surface area (Å²) in [5.41, 5.74) is 0. The van der Waals surface area contributed by atoms with Crippen LogP contribution >= 0.6 is 0 Å². The minimum Gasteiger partial charge on any atom is -0.481 e. The molecule has 0 aromatic heterocycles. The lowest BCUT2D eigenvalue weighted by molar-refractivity contribution is -0.139. The monoisotopic (exact) mass is 296 g/mol. The van der Waals surface area contributed by atoms with Gasteiger partial charge in [0.15, 0.2) is 0 Å². The van der Waals surface area contributed by atoms with E-state index in [2.05, 4.69) is 10.2 Å². The number of nitrogens with one attached hydrogen (secondary N) is 1. The highest BCUT2D eigenvalue weighted by Crippen LogP contribution is 2.22. The first-order chi connectivity index (χ1) is 9.15. The average Bonchev–Trinajstić information content (AvgIpc) is 2.23. The van der Waals surface area contributed by atoms with E-state index in [1.54, 1.807) is 0 Å². The Bertz CT molecular complexity index is 321. The molecule has 0 amide bonds. The van der Waals surface area contributed by atoms with Gasteiger partial charge in [-0.05, 0) is 18.3 Å². The molecule has 0 bridgehead atoms. The van der Waals surface area contributed by atoms with Gasteiger partial charge in [-0.3, -0.25) is 4.79 Å². The average molecular weight is 296 g/mol. The number of piperidine rings is 1. The molecule has 0 aromatic rings. The summed E-state index contributed by atoms with van der Waals surface area (Å²) in [6, 6.07) is -0.298. The summed E-state index contributed by atoms with van der Waals surface area (Å²) in [5, 5.41) is 11.4. The molecule has 0 saturated carbocycles. The van der Waals surface area contributed by atoms with Gasteiger partial charge in [-0.1, -0.05) is 13.8 Å². The predicted molar refractivity (Wildman–Crippen MR) is 69.5 cm³/mol. The number of halogens is 3. The summed E-state index contributed by atoms with van der Waals surface area (Å²) < 4.78 is 36.8. The Morgan fingerprint density at radius 1 is 1.40 bits per heavy atom. The zero-order valence-corrected chi connectivity index (χ0v) is 11.9. The number of carboxylic acids is 1. The molecule has 2 unspecified atom stereocenters. The van der Waals surface area contributed by atoms with Crippen molar-refractivity contribution in [3.05, 3.63) is 0 Å². The molecule has 2 atom stereocenters. The highest BCUT2D eigenvalue weighted by molar-refractivity contribution is 5.67. The maximum absolute atomic E-state index is 12.3. The molecule has 1 aliphatic rings. The van der Waals surface area contributed by atoms with Gasteiger partial charge in [-0.2, -0.15) is 13.2 Å². The van der Waals surface area contributed by atoms with E-state index in [0.29, 0.717) is 25.4 Å². The normalized spacial score (nSPS) is 25.1. The van der Waals surface area contributed by atoms with Crippen molar-refractivity contribution in [2.45, 2.75) is 38.9 Å². The molecule has 20 heavy (non-hydrogen) atoms. The summed E-state index contributed by atoms with van der Waals surface area (Å²) >= 11 is 0. The molecule has 1 aliphatic heterocycles. The SMILES string of the molecule is CC(C)CN1CC(CC(=O)O)CC(NCC(F)(F)F)C1. The van der Waals surface area contributed by atoms with Gasteiger partial charge in [0.1, 0.15) is 0 Å². The van der Waals surface area contributed by atoms with E-state index < -0.39 is 18.7 Å². The van der Waals surface area contributed by atoms with Crippen LogP contribution < -0.4 is 5.32 Å². The third kappa shape index (κ3) is 7.09. The van der Waals surface area contributed by atoms with Crippen LogP contribution in [0.25, 0.3) is 0 Å². The van der Waals surface area contributed by atoms with Gasteiger partial charge < -0.3 is 15.3 Å². The van der Waals surface area contributed by atoms with Crippen LogP contribution in [0.3, 0.4) is 0 Å². The number of hydrogen-bond acceptors (Lipinski definition) is 3. The van der Waals surface area contributed by atoms with Crippen molar-refractivity contribution in [3.8, 4) is 0 Å². The van der Waals surface area contributed by atoms with E-state index in [-0.39, 0.29) is 18.4 Å². The lowest BCUT2D eigenvalue weighted by Crippen LogP contribution is -2.52. The van der Waals surface area contributed by atoms with Crippen LogP contribution in [0.2, 0.25) is 0 Å². The molecular weight excluding hydrogens is 273 g/mol. The molecule has 1 saturated heterocycles. The minimum absolute atomic E-state index is 0.0127. The van der Waals surface area contributed by atoms with Crippen LogP contribution in [0.1, 0.15) is 26.7 Å².